The molecule has 0 heterocycles. The SMILES string of the molecule is CCCOc1ccc(O[C@@H](C)C(=O)OC)cc1. The van der Waals surface area contributed by atoms with Crippen LogP contribution in [0.25, 0.3) is 0 Å². The summed E-state index contributed by atoms with van der Waals surface area (Å²) in [5, 5.41) is 0. The Morgan fingerprint density at radius 3 is 2.35 bits per heavy atom. The minimum atomic E-state index is -0.609. The van der Waals surface area contributed by atoms with E-state index in [2.05, 4.69) is 11.7 Å². The first-order valence-electron chi connectivity index (χ1n) is 5.64. The largest absolute Gasteiger partial charge is 0.494 e. The zero-order valence-corrected chi connectivity index (χ0v) is 10.4. The summed E-state index contributed by atoms with van der Waals surface area (Å²) in [6.45, 7) is 4.39. The molecule has 0 fully saturated rings. The van der Waals surface area contributed by atoms with Gasteiger partial charge in [0.1, 0.15) is 11.5 Å². The fourth-order valence-electron chi connectivity index (χ4n) is 1.25. The van der Waals surface area contributed by atoms with Crippen molar-refractivity contribution in [1.29, 1.82) is 0 Å². The lowest BCUT2D eigenvalue weighted by Crippen LogP contribution is -2.24. The van der Waals surface area contributed by atoms with E-state index in [1.54, 1.807) is 19.1 Å². The summed E-state index contributed by atoms with van der Waals surface area (Å²) in [4.78, 5) is 11.2. The van der Waals surface area contributed by atoms with E-state index in [4.69, 9.17) is 9.47 Å². The van der Waals surface area contributed by atoms with E-state index < -0.39 is 12.1 Å². The fourth-order valence-corrected chi connectivity index (χ4v) is 1.25. The number of rotatable bonds is 6. The maximum absolute atomic E-state index is 11.2. The van der Waals surface area contributed by atoms with Crippen molar-refractivity contribution >= 4 is 5.97 Å². The van der Waals surface area contributed by atoms with Crippen LogP contribution in [-0.4, -0.2) is 25.8 Å². The average molecular weight is 238 g/mol. The van der Waals surface area contributed by atoms with Crippen molar-refractivity contribution in [3.63, 3.8) is 0 Å². The number of hydrogen-bond donors (Lipinski definition) is 0. The minimum Gasteiger partial charge on any atom is -0.494 e. The van der Waals surface area contributed by atoms with Crippen LogP contribution in [0.4, 0.5) is 0 Å². The first kappa shape index (κ1) is 13.4. The van der Waals surface area contributed by atoms with Crippen LogP contribution in [0.2, 0.25) is 0 Å². The summed E-state index contributed by atoms with van der Waals surface area (Å²) in [6, 6.07) is 7.17. The van der Waals surface area contributed by atoms with Crippen LogP contribution >= 0.6 is 0 Å². The summed E-state index contributed by atoms with van der Waals surface area (Å²) in [7, 11) is 1.34. The molecule has 1 rings (SSSR count). The Labute approximate surface area is 101 Å². The van der Waals surface area contributed by atoms with Crippen molar-refractivity contribution in [2.24, 2.45) is 0 Å². The van der Waals surface area contributed by atoms with Gasteiger partial charge in [0.15, 0.2) is 6.10 Å². The Balaban J connectivity index is 2.53. The molecule has 0 saturated heterocycles. The van der Waals surface area contributed by atoms with Crippen LogP contribution in [0, 0.1) is 0 Å². The molecule has 94 valence electrons. The molecule has 0 bridgehead atoms. The van der Waals surface area contributed by atoms with Gasteiger partial charge < -0.3 is 14.2 Å². The lowest BCUT2D eigenvalue weighted by Gasteiger charge is -2.12. The summed E-state index contributed by atoms with van der Waals surface area (Å²) < 4.78 is 15.4. The van der Waals surface area contributed by atoms with Gasteiger partial charge in [0.25, 0.3) is 0 Å². The molecule has 0 radical (unpaired) electrons. The van der Waals surface area contributed by atoms with Crippen molar-refractivity contribution in [2.45, 2.75) is 26.4 Å². The Kier molecular flexibility index (Phi) is 5.33. The maximum atomic E-state index is 11.2. The minimum absolute atomic E-state index is 0.392. The predicted molar refractivity (Wildman–Crippen MR) is 64.3 cm³/mol. The molecule has 4 nitrogen and oxygen atoms in total. The van der Waals surface area contributed by atoms with E-state index in [1.165, 1.54) is 7.11 Å². The lowest BCUT2D eigenvalue weighted by atomic mass is 10.3. The van der Waals surface area contributed by atoms with Gasteiger partial charge in [-0.25, -0.2) is 4.79 Å². The quantitative estimate of drug-likeness (QED) is 0.714. The summed E-state index contributed by atoms with van der Waals surface area (Å²) in [5.74, 6) is 1.02. The molecular weight excluding hydrogens is 220 g/mol. The van der Waals surface area contributed by atoms with Gasteiger partial charge in [-0.3, -0.25) is 0 Å². The first-order valence-corrected chi connectivity index (χ1v) is 5.64. The summed E-state index contributed by atoms with van der Waals surface area (Å²) in [6.07, 6.45) is 0.361. The molecule has 0 aliphatic heterocycles. The number of ether oxygens (including phenoxy) is 3. The molecule has 0 spiro atoms. The highest BCUT2D eigenvalue weighted by Crippen LogP contribution is 2.18. The van der Waals surface area contributed by atoms with E-state index in [1.807, 2.05) is 12.1 Å². The third kappa shape index (κ3) is 4.34. The lowest BCUT2D eigenvalue weighted by molar-refractivity contribution is -0.147. The number of carbonyl (C=O) groups excluding carboxylic acids is 1. The van der Waals surface area contributed by atoms with Crippen LogP contribution in [0.1, 0.15) is 20.3 Å². The zero-order chi connectivity index (χ0) is 12.7. The number of carbonyl (C=O) groups is 1. The van der Waals surface area contributed by atoms with Gasteiger partial charge in [-0.15, -0.1) is 0 Å². The molecule has 1 atom stereocenters. The third-order valence-corrected chi connectivity index (χ3v) is 2.14. The van der Waals surface area contributed by atoms with Crippen molar-refractivity contribution < 1.29 is 19.0 Å². The normalized spacial score (nSPS) is 11.7. The van der Waals surface area contributed by atoms with Gasteiger partial charge >= 0.3 is 5.97 Å². The average Bonchev–Trinajstić information content (AvgIpc) is 2.37. The molecule has 0 amide bonds. The topological polar surface area (TPSA) is 44.8 Å². The van der Waals surface area contributed by atoms with Crippen molar-refractivity contribution in [3.8, 4) is 11.5 Å². The van der Waals surface area contributed by atoms with Crippen LogP contribution in [0.15, 0.2) is 24.3 Å². The molecule has 0 aliphatic carbocycles. The van der Waals surface area contributed by atoms with Gasteiger partial charge in [0.2, 0.25) is 0 Å². The monoisotopic (exact) mass is 238 g/mol. The maximum Gasteiger partial charge on any atom is 0.346 e. The van der Waals surface area contributed by atoms with Gasteiger partial charge in [-0.2, -0.15) is 0 Å². The van der Waals surface area contributed by atoms with Crippen LogP contribution in [0.5, 0.6) is 11.5 Å². The van der Waals surface area contributed by atoms with Crippen molar-refractivity contribution in [3.05, 3.63) is 24.3 Å². The molecule has 0 N–H and O–H groups in total. The van der Waals surface area contributed by atoms with E-state index in [0.717, 1.165) is 12.2 Å². The van der Waals surface area contributed by atoms with Gasteiger partial charge in [-0.05, 0) is 37.6 Å². The molecule has 1 aromatic rings. The number of benzene rings is 1. The van der Waals surface area contributed by atoms with E-state index in [0.29, 0.717) is 12.4 Å². The van der Waals surface area contributed by atoms with Crippen LogP contribution in [0.3, 0.4) is 0 Å². The second kappa shape index (κ2) is 6.78. The molecule has 0 aromatic heterocycles. The van der Waals surface area contributed by atoms with Gasteiger partial charge in [-0.1, -0.05) is 6.92 Å². The van der Waals surface area contributed by atoms with Crippen molar-refractivity contribution in [2.75, 3.05) is 13.7 Å². The summed E-state index contributed by atoms with van der Waals surface area (Å²) in [5.41, 5.74) is 0. The van der Waals surface area contributed by atoms with Gasteiger partial charge in [0.05, 0.1) is 13.7 Å². The van der Waals surface area contributed by atoms with E-state index in [9.17, 15) is 4.79 Å². The number of esters is 1. The highest BCUT2D eigenvalue weighted by atomic mass is 16.6. The Morgan fingerprint density at radius 2 is 1.82 bits per heavy atom. The molecule has 17 heavy (non-hydrogen) atoms. The molecular formula is C13H18O4. The standard InChI is InChI=1S/C13H18O4/c1-4-9-16-11-5-7-12(8-6-11)17-10(2)13(14)15-3/h5-8,10H,4,9H2,1-3H3/t10-/m0/s1. The van der Waals surface area contributed by atoms with E-state index >= 15 is 0 Å². The summed E-state index contributed by atoms with van der Waals surface area (Å²) >= 11 is 0. The highest BCUT2D eigenvalue weighted by Gasteiger charge is 2.14. The van der Waals surface area contributed by atoms with E-state index in [-0.39, 0.29) is 0 Å². The smallest absolute Gasteiger partial charge is 0.346 e. The molecule has 0 aliphatic rings. The fraction of sp³-hybridized carbons (Fsp3) is 0.462. The molecule has 0 unspecified atom stereocenters. The second-order valence-corrected chi connectivity index (χ2v) is 3.60. The third-order valence-electron chi connectivity index (χ3n) is 2.14. The second-order valence-electron chi connectivity index (χ2n) is 3.60. The molecule has 1 aromatic carbocycles. The molecule has 0 saturated carbocycles. The highest BCUT2D eigenvalue weighted by molar-refractivity contribution is 5.74. The number of methoxy groups -OCH3 is 1. The Bertz CT molecular complexity index is 345. The van der Waals surface area contributed by atoms with Crippen LogP contribution < -0.4 is 9.47 Å². The number of hydrogen-bond acceptors (Lipinski definition) is 4. The first-order chi connectivity index (χ1) is 8.17. The predicted octanol–water partition coefficient (Wildman–Crippen LogP) is 2.42. The Hall–Kier alpha value is -1.71. The zero-order valence-electron chi connectivity index (χ0n) is 10.4. The van der Waals surface area contributed by atoms with Crippen molar-refractivity contribution in [1.82, 2.24) is 0 Å². The molecule has 4 heteroatoms. The Morgan fingerprint density at radius 1 is 1.24 bits per heavy atom. The van der Waals surface area contributed by atoms with Crippen LogP contribution in [-0.2, 0) is 9.53 Å². The van der Waals surface area contributed by atoms with Gasteiger partial charge in [0, 0.05) is 0 Å².